The van der Waals surface area contributed by atoms with Crippen LogP contribution in [0.2, 0.25) is 0 Å². The van der Waals surface area contributed by atoms with E-state index >= 15 is 0 Å². The summed E-state index contributed by atoms with van der Waals surface area (Å²) < 4.78 is 5.39. The van der Waals surface area contributed by atoms with E-state index in [0.717, 1.165) is 37.0 Å². The van der Waals surface area contributed by atoms with E-state index in [2.05, 4.69) is 15.2 Å². The molecule has 1 amide bonds. The van der Waals surface area contributed by atoms with Gasteiger partial charge in [0, 0.05) is 19.5 Å². The van der Waals surface area contributed by atoms with Gasteiger partial charge in [0.2, 0.25) is 0 Å². The van der Waals surface area contributed by atoms with Crippen LogP contribution in [-0.2, 0) is 16.0 Å². The number of carbonyl (C=O) groups excluding carboxylic acids is 2. The number of benzene rings is 2. The average molecular weight is 388 g/mol. The third-order valence-corrected chi connectivity index (χ3v) is 5.38. The molecule has 3 heterocycles. The van der Waals surface area contributed by atoms with Crippen LogP contribution in [-0.4, -0.2) is 41.0 Å². The summed E-state index contributed by atoms with van der Waals surface area (Å²) in [4.78, 5) is 36.7. The van der Waals surface area contributed by atoms with E-state index < -0.39 is 18.0 Å². The van der Waals surface area contributed by atoms with Gasteiger partial charge in [-0.3, -0.25) is 4.79 Å². The Hall–Kier alpha value is -3.48. The molecule has 1 unspecified atom stereocenters. The number of rotatable bonds is 3. The van der Waals surface area contributed by atoms with E-state index in [9.17, 15) is 9.59 Å². The first kappa shape index (κ1) is 17.6. The van der Waals surface area contributed by atoms with Crippen LogP contribution < -0.4 is 10.2 Å². The summed E-state index contributed by atoms with van der Waals surface area (Å²) in [5.41, 5.74) is 2.82. The number of hydrogen-bond donors (Lipinski definition) is 1. The molecule has 1 fully saturated rings. The van der Waals surface area contributed by atoms with Gasteiger partial charge in [0.1, 0.15) is 0 Å². The number of amides is 1. The number of esters is 1. The van der Waals surface area contributed by atoms with Crippen molar-refractivity contribution in [2.75, 3.05) is 23.3 Å². The lowest BCUT2D eigenvalue weighted by atomic mass is 9.98. The zero-order chi connectivity index (χ0) is 19.8. The van der Waals surface area contributed by atoms with Gasteiger partial charge in [-0.25, -0.2) is 14.8 Å². The van der Waals surface area contributed by atoms with Gasteiger partial charge in [0.05, 0.1) is 16.6 Å². The minimum atomic E-state index is -0.892. The molecule has 1 atom stereocenters. The molecule has 0 saturated carbocycles. The summed E-state index contributed by atoms with van der Waals surface area (Å²) in [6, 6.07) is 14.8. The lowest BCUT2D eigenvalue weighted by Gasteiger charge is -2.25. The van der Waals surface area contributed by atoms with Gasteiger partial charge in [0.25, 0.3) is 5.91 Å². The van der Waals surface area contributed by atoms with Crippen LogP contribution >= 0.6 is 0 Å². The zero-order valence-electron chi connectivity index (χ0n) is 15.8. The molecule has 2 aromatic carbocycles. The molecule has 5 rings (SSSR count). The van der Waals surface area contributed by atoms with Gasteiger partial charge >= 0.3 is 5.97 Å². The van der Waals surface area contributed by atoms with Crippen molar-refractivity contribution >= 4 is 34.5 Å². The Balaban J connectivity index is 1.46. The molecule has 3 aromatic rings. The summed E-state index contributed by atoms with van der Waals surface area (Å²) >= 11 is 0. The standard InChI is InChI=1S/C22H20N4O3/c27-21(18-13-14-7-1-2-8-15(14)22(28)29-18)25-19-20(26-11-5-6-12-26)24-17-10-4-3-9-16(17)23-19/h1-4,7-10,18H,5-6,11-13H2,(H,23,25,27). The Morgan fingerprint density at radius 3 is 2.48 bits per heavy atom. The monoisotopic (exact) mass is 388 g/mol. The van der Waals surface area contributed by atoms with Gasteiger partial charge in [-0.15, -0.1) is 0 Å². The van der Waals surface area contributed by atoms with Gasteiger partial charge in [-0.2, -0.15) is 0 Å². The van der Waals surface area contributed by atoms with Crippen LogP contribution in [0.5, 0.6) is 0 Å². The number of nitrogens with one attached hydrogen (secondary N) is 1. The van der Waals surface area contributed by atoms with Crippen molar-refractivity contribution in [3.8, 4) is 0 Å². The van der Waals surface area contributed by atoms with Crippen LogP contribution in [0.4, 0.5) is 11.6 Å². The first-order valence-electron chi connectivity index (χ1n) is 9.80. The quantitative estimate of drug-likeness (QED) is 0.695. The Bertz CT molecular complexity index is 1110. The van der Waals surface area contributed by atoms with Crippen molar-refractivity contribution in [1.82, 2.24) is 9.97 Å². The molecule has 1 saturated heterocycles. The van der Waals surface area contributed by atoms with Crippen LogP contribution in [0.25, 0.3) is 11.0 Å². The van der Waals surface area contributed by atoms with Gasteiger partial charge in [0.15, 0.2) is 17.7 Å². The lowest BCUT2D eigenvalue weighted by molar-refractivity contribution is -0.125. The summed E-state index contributed by atoms with van der Waals surface area (Å²) in [5, 5.41) is 2.87. The molecule has 1 aromatic heterocycles. The molecule has 0 aliphatic carbocycles. The number of cyclic esters (lactones) is 1. The minimum Gasteiger partial charge on any atom is -0.448 e. The van der Waals surface area contributed by atoms with Gasteiger partial charge in [-0.1, -0.05) is 30.3 Å². The molecule has 0 spiro atoms. The van der Waals surface area contributed by atoms with E-state index in [4.69, 9.17) is 9.72 Å². The second-order valence-electron chi connectivity index (χ2n) is 7.32. The molecule has 146 valence electrons. The lowest BCUT2D eigenvalue weighted by Crippen LogP contribution is -2.38. The van der Waals surface area contributed by atoms with E-state index in [0.29, 0.717) is 29.1 Å². The molecule has 0 bridgehead atoms. The van der Waals surface area contributed by atoms with Crippen molar-refractivity contribution in [2.24, 2.45) is 0 Å². The Morgan fingerprint density at radius 1 is 1.00 bits per heavy atom. The normalized spacial score (nSPS) is 18.4. The fraction of sp³-hybridized carbons (Fsp3) is 0.273. The number of ether oxygens (including phenoxy) is 1. The zero-order valence-corrected chi connectivity index (χ0v) is 15.8. The van der Waals surface area contributed by atoms with E-state index in [-0.39, 0.29) is 0 Å². The maximum Gasteiger partial charge on any atom is 0.339 e. The number of para-hydroxylation sites is 2. The summed E-state index contributed by atoms with van der Waals surface area (Å²) in [6.07, 6.45) is 1.61. The molecule has 1 N–H and O–H groups in total. The summed E-state index contributed by atoms with van der Waals surface area (Å²) in [5.74, 6) is 0.205. The Kier molecular flexibility index (Phi) is 4.35. The number of carbonyl (C=O) groups is 2. The fourth-order valence-corrected chi connectivity index (χ4v) is 3.90. The predicted octanol–water partition coefficient (Wildman–Crippen LogP) is 2.95. The van der Waals surface area contributed by atoms with Gasteiger partial charge in [-0.05, 0) is 36.6 Å². The summed E-state index contributed by atoms with van der Waals surface area (Å²) in [7, 11) is 0. The van der Waals surface area contributed by atoms with Crippen LogP contribution in [0.1, 0.15) is 28.8 Å². The predicted molar refractivity (Wildman–Crippen MR) is 109 cm³/mol. The highest BCUT2D eigenvalue weighted by Gasteiger charge is 2.32. The second kappa shape index (κ2) is 7.16. The summed E-state index contributed by atoms with van der Waals surface area (Å²) in [6.45, 7) is 1.75. The minimum absolute atomic E-state index is 0.341. The average Bonchev–Trinajstić information content (AvgIpc) is 3.28. The van der Waals surface area contributed by atoms with E-state index in [1.807, 2.05) is 36.4 Å². The molecular weight excluding hydrogens is 368 g/mol. The van der Waals surface area contributed by atoms with Crippen LogP contribution in [0.15, 0.2) is 48.5 Å². The van der Waals surface area contributed by atoms with Crippen molar-refractivity contribution in [2.45, 2.75) is 25.4 Å². The van der Waals surface area contributed by atoms with Gasteiger partial charge < -0.3 is 15.0 Å². The molecular formula is C22H20N4O3. The fourth-order valence-electron chi connectivity index (χ4n) is 3.90. The third-order valence-electron chi connectivity index (χ3n) is 5.38. The number of fused-ring (bicyclic) bond motifs is 2. The van der Waals surface area contributed by atoms with Crippen LogP contribution in [0.3, 0.4) is 0 Å². The third kappa shape index (κ3) is 3.29. The van der Waals surface area contributed by atoms with Crippen molar-refractivity contribution in [3.63, 3.8) is 0 Å². The maximum atomic E-state index is 13.0. The van der Waals surface area contributed by atoms with Crippen molar-refractivity contribution < 1.29 is 14.3 Å². The highest BCUT2D eigenvalue weighted by molar-refractivity contribution is 6.01. The first-order chi connectivity index (χ1) is 14.2. The maximum absolute atomic E-state index is 13.0. The second-order valence-corrected chi connectivity index (χ2v) is 7.32. The smallest absolute Gasteiger partial charge is 0.339 e. The number of hydrogen-bond acceptors (Lipinski definition) is 6. The van der Waals surface area contributed by atoms with E-state index in [1.165, 1.54) is 0 Å². The molecule has 2 aliphatic heterocycles. The van der Waals surface area contributed by atoms with Crippen molar-refractivity contribution in [3.05, 3.63) is 59.7 Å². The van der Waals surface area contributed by atoms with Crippen LogP contribution in [0, 0.1) is 0 Å². The highest BCUT2D eigenvalue weighted by Crippen LogP contribution is 2.29. The molecule has 7 nitrogen and oxygen atoms in total. The number of nitrogens with zero attached hydrogens (tertiary/aromatic N) is 3. The molecule has 2 aliphatic rings. The Labute approximate surface area is 167 Å². The number of aromatic nitrogens is 2. The van der Waals surface area contributed by atoms with Crippen molar-refractivity contribution in [1.29, 1.82) is 0 Å². The Morgan fingerprint density at radius 2 is 1.69 bits per heavy atom. The molecule has 0 radical (unpaired) electrons. The van der Waals surface area contributed by atoms with E-state index in [1.54, 1.807) is 12.1 Å². The molecule has 7 heteroatoms. The first-order valence-corrected chi connectivity index (χ1v) is 9.80. The molecule has 29 heavy (non-hydrogen) atoms. The topological polar surface area (TPSA) is 84.4 Å². The highest BCUT2D eigenvalue weighted by atomic mass is 16.5. The largest absolute Gasteiger partial charge is 0.448 e. The number of anilines is 2. The SMILES string of the molecule is O=C1OC(C(=O)Nc2nc3ccccc3nc2N2CCCC2)Cc2ccccc21.